The van der Waals surface area contributed by atoms with Gasteiger partial charge in [0.2, 0.25) is 16.7 Å². The minimum absolute atomic E-state index is 0.00910. The minimum Gasteiger partial charge on any atom is -0.479 e. The zero-order valence-electron chi connectivity index (χ0n) is 23.1. The largest absolute Gasteiger partial charge is 0.479 e. The van der Waals surface area contributed by atoms with Gasteiger partial charge in [-0.25, -0.2) is 4.79 Å². The smallest absolute Gasteiger partial charge is 0.342 e. The average Bonchev–Trinajstić information content (AvgIpc) is 3.07. The molecule has 0 saturated heterocycles. The van der Waals surface area contributed by atoms with Crippen molar-refractivity contribution in [3.8, 4) is 0 Å². The molecule has 0 spiro atoms. The minimum atomic E-state index is -2.02. The summed E-state index contributed by atoms with van der Waals surface area (Å²) in [6.07, 6.45) is 1.05. The van der Waals surface area contributed by atoms with E-state index in [-0.39, 0.29) is 37.1 Å². The Morgan fingerprint density at radius 1 is 1.08 bits per heavy atom. The van der Waals surface area contributed by atoms with Gasteiger partial charge in [0.25, 0.3) is 11.8 Å². The van der Waals surface area contributed by atoms with Crippen molar-refractivity contribution >= 4 is 59.1 Å². The van der Waals surface area contributed by atoms with Crippen LogP contribution in [0, 0.1) is 5.92 Å². The second kappa shape index (κ2) is 13.0. The first-order valence-electron chi connectivity index (χ1n) is 12.7. The summed E-state index contributed by atoms with van der Waals surface area (Å²) in [7, 11) is 1.30. The standard InChI is InChI=1S/C27H37N3O7S2/c1-16(2)15-20(24(35)29(6)27(25(36)37,26(4,5)38)39-17(3)31)28-21(32)13-9-10-14-30-22(33)18-11-7-8-12-19(18)23(30)34/h7-8,11-12,16,20,38H,9-10,13-15H2,1-6H3,(H,28,32)(H,36,37)/t20-,27+/m0/s1. The van der Waals surface area contributed by atoms with Crippen molar-refractivity contribution < 1.29 is 33.9 Å². The van der Waals surface area contributed by atoms with Crippen LogP contribution in [0.1, 0.15) is 81.0 Å². The van der Waals surface area contributed by atoms with E-state index in [0.717, 1.165) is 4.90 Å². The van der Waals surface area contributed by atoms with E-state index in [1.807, 2.05) is 13.8 Å². The number of carbonyl (C=O) groups is 6. The third kappa shape index (κ3) is 7.21. The zero-order valence-corrected chi connectivity index (χ0v) is 24.9. The van der Waals surface area contributed by atoms with Crippen LogP contribution in [0.15, 0.2) is 24.3 Å². The van der Waals surface area contributed by atoms with E-state index in [1.54, 1.807) is 24.3 Å². The number of benzene rings is 1. The summed E-state index contributed by atoms with van der Waals surface area (Å²) in [6, 6.07) is 5.57. The number of carbonyl (C=O) groups excluding carboxylic acids is 5. The molecule has 1 aliphatic rings. The van der Waals surface area contributed by atoms with Crippen LogP contribution in [0.5, 0.6) is 0 Å². The van der Waals surface area contributed by atoms with E-state index in [0.29, 0.717) is 35.7 Å². The van der Waals surface area contributed by atoms with E-state index in [4.69, 9.17) is 0 Å². The molecule has 1 aromatic rings. The molecule has 0 fully saturated rings. The zero-order chi connectivity index (χ0) is 29.7. The average molecular weight is 580 g/mol. The Balaban J connectivity index is 2.07. The number of fused-ring (bicyclic) bond motifs is 1. The Hall–Kier alpha value is -2.86. The number of unbranched alkanes of at least 4 members (excludes halogenated alkanes) is 1. The van der Waals surface area contributed by atoms with Crippen molar-refractivity contribution in [2.75, 3.05) is 13.6 Å². The summed E-state index contributed by atoms with van der Waals surface area (Å²) in [4.78, 5) is 76.0. The van der Waals surface area contributed by atoms with Crippen LogP contribution in [-0.2, 0) is 19.2 Å². The van der Waals surface area contributed by atoms with Gasteiger partial charge in [-0.15, -0.1) is 0 Å². The fourth-order valence-electron chi connectivity index (χ4n) is 4.61. The molecular weight excluding hydrogens is 542 g/mol. The molecule has 1 heterocycles. The summed E-state index contributed by atoms with van der Waals surface area (Å²) in [5, 5.41) is 12.4. The second-order valence-corrected chi connectivity index (χ2v) is 13.0. The van der Waals surface area contributed by atoms with Crippen LogP contribution in [0.4, 0.5) is 0 Å². The molecule has 1 aliphatic heterocycles. The number of aliphatic carboxylic acids is 1. The molecular formula is C27H37N3O7S2. The van der Waals surface area contributed by atoms with Crippen LogP contribution in [0.3, 0.4) is 0 Å². The van der Waals surface area contributed by atoms with Crippen molar-refractivity contribution in [3.05, 3.63) is 35.4 Å². The third-order valence-corrected chi connectivity index (χ3v) is 8.48. The fraction of sp³-hybridized carbons (Fsp3) is 0.556. The number of thiol groups is 1. The van der Waals surface area contributed by atoms with E-state index in [9.17, 15) is 33.9 Å². The second-order valence-electron chi connectivity index (χ2n) is 10.5. The molecule has 1 aromatic carbocycles. The molecule has 2 rings (SSSR count). The monoisotopic (exact) mass is 579 g/mol. The number of thioether (sulfide) groups is 1. The highest BCUT2D eigenvalue weighted by Crippen LogP contribution is 2.43. The van der Waals surface area contributed by atoms with E-state index >= 15 is 0 Å². The highest BCUT2D eigenvalue weighted by atomic mass is 32.2. The van der Waals surface area contributed by atoms with Gasteiger partial charge in [-0.2, -0.15) is 12.6 Å². The first-order chi connectivity index (χ1) is 18.0. The molecule has 214 valence electrons. The lowest BCUT2D eigenvalue weighted by Gasteiger charge is -2.46. The number of imide groups is 1. The van der Waals surface area contributed by atoms with Gasteiger partial charge in [0, 0.05) is 26.9 Å². The van der Waals surface area contributed by atoms with Gasteiger partial charge in [-0.05, 0) is 62.9 Å². The van der Waals surface area contributed by atoms with Gasteiger partial charge in [0.15, 0.2) is 5.12 Å². The number of hydrogen-bond acceptors (Lipinski definition) is 8. The highest BCUT2D eigenvalue weighted by Gasteiger charge is 2.57. The molecule has 39 heavy (non-hydrogen) atoms. The molecule has 12 heteroatoms. The first kappa shape index (κ1) is 32.4. The number of carboxylic acids is 1. The normalized spacial score (nSPS) is 15.5. The van der Waals surface area contributed by atoms with Gasteiger partial charge < -0.3 is 15.3 Å². The lowest BCUT2D eigenvalue weighted by atomic mass is 9.97. The predicted molar refractivity (Wildman–Crippen MR) is 152 cm³/mol. The quantitative estimate of drug-likeness (QED) is 0.140. The fourth-order valence-corrected chi connectivity index (χ4v) is 5.97. The van der Waals surface area contributed by atoms with Gasteiger partial charge in [-0.3, -0.25) is 28.9 Å². The summed E-state index contributed by atoms with van der Waals surface area (Å²) in [5.41, 5.74) is 0.730. The van der Waals surface area contributed by atoms with Crippen LogP contribution in [-0.4, -0.2) is 78.9 Å². The lowest BCUT2D eigenvalue weighted by molar-refractivity contribution is -0.154. The SMILES string of the molecule is CC(=O)S[C@@](C(=O)O)(N(C)C(=O)[C@H](CC(C)C)NC(=O)CCCCN1C(=O)c2ccccc2C1=O)C(C)(C)S. The number of hydrogen-bond donors (Lipinski definition) is 3. The first-order valence-corrected chi connectivity index (χ1v) is 14.0. The van der Waals surface area contributed by atoms with Crippen LogP contribution < -0.4 is 5.32 Å². The Bertz CT molecular complexity index is 1110. The molecule has 0 saturated carbocycles. The number of nitrogens with one attached hydrogen (secondary N) is 1. The molecule has 0 bridgehead atoms. The van der Waals surface area contributed by atoms with Crippen molar-refractivity contribution in [1.29, 1.82) is 0 Å². The Kier molecular flexibility index (Phi) is 10.8. The summed E-state index contributed by atoms with van der Waals surface area (Å²) < 4.78 is -1.32. The number of rotatable bonds is 13. The van der Waals surface area contributed by atoms with Gasteiger partial charge in [-0.1, -0.05) is 26.0 Å². The Labute approximate surface area is 238 Å². The van der Waals surface area contributed by atoms with E-state index in [1.165, 1.54) is 32.7 Å². The number of amides is 4. The van der Waals surface area contributed by atoms with Crippen molar-refractivity contribution in [2.24, 2.45) is 5.92 Å². The van der Waals surface area contributed by atoms with Crippen molar-refractivity contribution in [1.82, 2.24) is 15.1 Å². The molecule has 2 atom stereocenters. The molecule has 10 nitrogen and oxygen atoms in total. The van der Waals surface area contributed by atoms with Crippen LogP contribution in [0.25, 0.3) is 0 Å². The summed E-state index contributed by atoms with van der Waals surface area (Å²) in [5.74, 6) is -3.20. The van der Waals surface area contributed by atoms with Crippen molar-refractivity contribution in [3.63, 3.8) is 0 Å². The Morgan fingerprint density at radius 3 is 2.05 bits per heavy atom. The lowest BCUT2D eigenvalue weighted by Crippen LogP contribution is -2.65. The molecule has 0 aromatic heterocycles. The number of nitrogens with zero attached hydrogens (tertiary/aromatic N) is 2. The van der Waals surface area contributed by atoms with Crippen LogP contribution >= 0.6 is 24.4 Å². The van der Waals surface area contributed by atoms with Gasteiger partial charge in [0.05, 0.1) is 15.9 Å². The maximum atomic E-state index is 13.6. The topological polar surface area (TPSA) is 141 Å². The van der Waals surface area contributed by atoms with Crippen LogP contribution in [0.2, 0.25) is 0 Å². The Morgan fingerprint density at radius 2 is 1.62 bits per heavy atom. The maximum Gasteiger partial charge on any atom is 0.342 e. The van der Waals surface area contributed by atoms with Crippen molar-refractivity contribution in [2.45, 2.75) is 76.0 Å². The maximum absolute atomic E-state index is 13.6. The molecule has 0 radical (unpaired) electrons. The van der Waals surface area contributed by atoms with E-state index < -0.39 is 38.6 Å². The summed E-state index contributed by atoms with van der Waals surface area (Å²) in [6.45, 7) is 8.13. The van der Waals surface area contributed by atoms with Gasteiger partial charge >= 0.3 is 5.97 Å². The molecule has 0 aliphatic carbocycles. The number of likely N-dealkylation sites (N-methyl/N-ethyl adjacent to an activating group) is 1. The third-order valence-electron chi connectivity index (χ3n) is 6.47. The number of carboxylic acid groups (broad SMARTS) is 1. The predicted octanol–water partition coefficient (Wildman–Crippen LogP) is 3.21. The molecule has 2 N–H and O–H groups in total. The van der Waals surface area contributed by atoms with E-state index in [2.05, 4.69) is 17.9 Å². The van der Waals surface area contributed by atoms with Gasteiger partial charge in [0.1, 0.15) is 6.04 Å². The molecule has 0 unspecified atom stereocenters. The molecule has 4 amide bonds. The summed E-state index contributed by atoms with van der Waals surface area (Å²) >= 11 is 4.92. The highest BCUT2D eigenvalue weighted by molar-refractivity contribution is 8.15.